The Hall–Kier alpha value is -2.48. The number of likely N-dealkylation sites (tertiary alicyclic amines) is 1. The molecule has 2 aromatic carbocycles. The quantitative estimate of drug-likeness (QED) is 0.603. The van der Waals surface area contributed by atoms with E-state index in [0.717, 1.165) is 25.2 Å². The molecule has 0 bridgehead atoms. The van der Waals surface area contributed by atoms with Gasteiger partial charge in [0, 0.05) is 25.2 Å². The van der Waals surface area contributed by atoms with Crippen LogP contribution < -0.4 is 10.0 Å². The summed E-state index contributed by atoms with van der Waals surface area (Å²) in [7, 11) is -3.68. The predicted octanol–water partition coefficient (Wildman–Crippen LogP) is 3.07. The van der Waals surface area contributed by atoms with Crippen molar-refractivity contribution in [1.29, 1.82) is 0 Å². The summed E-state index contributed by atoms with van der Waals surface area (Å²) in [6.45, 7) is 7.14. The van der Waals surface area contributed by atoms with Gasteiger partial charge in [-0.05, 0) is 55.3 Å². The number of carbonyl (C=O) groups is 1. The molecule has 3 rings (SSSR count). The lowest BCUT2D eigenvalue weighted by atomic mass is 10.0. The van der Waals surface area contributed by atoms with E-state index in [2.05, 4.69) is 27.6 Å². The largest absolute Gasteiger partial charge is 0.348 e. The molecule has 160 valence electrons. The lowest BCUT2D eigenvalue weighted by Crippen LogP contribution is -2.30. The number of rotatable bonds is 9. The van der Waals surface area contributed by atoms with Crippen molar-refractivity contribution in [3.05, 3.63) is 77.9 Å². The van der Waals surface area contributed by atoms with E-state index in [1.165, 1.54) is 43.0 Å². The Morgan fingerprint density at radius 3 is 2.50 bits per heavy atom. The van der Waals surface area contributed by atoms with Gasteiger partial charge in [0.2, 0.25) is 10.0 Å². The van der Waals surface area contributed by atoms with Gasteiger partial charge in [-0.15, -0.1) is 6.58 Å². The number of nitrogens with zero attached hydrogens (tertiary/aromatic N) is 1. The van der Waals surface area contributed by atoms with Gasteiger partial charge in [0.15, 0.2) is 0 Å². The normalized spacial score (nSPS) is 14.9. The van der Waals surface area contributed by atoms with Crippen molar-refractivity contribution in [3.63, 3.8) is 0 Å². The number of benzene rings is 2. The molecule has 0 spiro atoms. The fourth-order valence-corrected chi connectivity index (χ4v) is 4.62. The molecule has 1 amide bonds. The van der Waals surface area contributed by atoms with E-state index < -0.39 is 10.0 Å². The van der Waals surface area contributed by atoms with Crippen LogP contribution in [0, 0.1) is 0 Å². The third kappa shape index (κ3) is 6.01. The summed E-state index contributed by atoms with van der Waals surface area (Å²) in [5.41, 5.74) is 2.60. The van der Waals surface area contributed by atoms with E-state index in [1.54, 1.807) is 12.1 Å². The van der Waals surface area contributed by atoms with Crippen molar-refractivity contribution >= 4 is 15.9 Å². The maximum atomic E-state index is 12.7. The van der Waals surface area contributed by atoms with Crippen LogP contribution >= 0.6 is 0 Å². The van der Waals surface area contributed by atoms with Gasteiger partial charge in [0.05, 0.1) is 4.90 Å². The molecule has 1 aliphatic heterocycles. The second-order valence-electron chi connectivity index (χ2n) is 7.46. The van der Waals surface area contributed by atoms with Crippen LogP contribution in [0.3, 0.4) is 0 Å². The Morgan fingerprint density at radius 1 is 1.03 bits per heavy atom. The zero-order valence-corrected chi connectivity index (χ0v) is 18.0. The van der Waals surface area contributed by atoms with E-state index >= 15 is 0 Å². The number of hydrogen-bond donors (Lipinski definition) is 2. The lowest BCUT2D eigenvalue weighted by Gasteiger charge is -2.27. The number of nitrogens with one attached hydrogen (secondary N) is 2. The minimum absolute atomic E-state index is 0.0579. The number of carbonyl (C=O) groups excluding carboxylic acids is 1. The fourth-order valence-electron chi connectivity index (χ4n) is 3.58. The summed E-state index contributed by atoms with van der Waals surface area (Å²) < 4.78 is 27.0. The molecule has 0 aliphatic carbocycles. The van der Waals surface area contributed by atoms with Crippen LogP contribution in [0.5, 0.6) is 0 Å². The molecule has 2 aromatic rings. The molecule has 1 saturated heterocycles. The van der Waals surface area contributed by atoms with Crippen molar-refractivity contribution in [1.82, 2.24) is 14.9 Å². The van der Waals surface area contributed by atoms with Gasteiger partial charge in [0.1, 0.15) is 0 Å². The molecule has 0 aromatic heterocycles. The standard InChI is InChI=1S/C23H29N3O3S/c1-2-13-25-30(28,29)22-12-8-11-19(16-22)23(27)24-17-20-9-4-5-10-21(20)18-26-14-6-3-7-15-26/h2,4-5,8-12,16,25H,1,3,6-7,13-15,17-18H2,(H,24,27). The molecule has 7 heteroatoms. The molecule has 6 nitrogen and oxygen atoms in total. The summed E-state index contributed by atoms with van der Waals surface area (Å²) >= 11 is 0. The van der Waals surface area contributed by atoms with Gasteiger partial charge in [-0.1, -0.05) is 42.8 Å². The molecule has 1 heterocycles. The van der Waals surface area contributed by atoms with E-state index in [-0.39, 0.29) is 17.3 Å². The third-order valence-corrected chi connectivity index (χ3v) is 6.65. The number of hydrogen-bond acceptors (Lipinski definition) is 4. The summed E-state index contributed by atoms with van der Waals surface area (Å²) in [4.78, 5) is 15.2. The highest BCUT2D eigenvalue weighted by molar-refractivity contribution is 7.89. The highest BCUT2D eigenvalue weighted by atomic mass is 32.2. The van der Waals surface area contributed by atoms with Crippen LogP contribution in [0.15, 0.2) is 66.1 Å². The number of sulfonamides is 1. The first-order valence-electron chi connectivity index (χ1n) is 10.3. The highest BCUT2D eigenvalue weighted by Gasteiger charge is 2.16. The Kier molecular flexibility index (Phi) is 7.79. The van der Waals surface area contributed by atoms with Crippen molar-refractivity contribution in [2.45, 2.75) is 37.2 Å². The zero-order valence-electron chi connectivity index (χ0n) is 17.1. The summed E-state index contributed by atoms with van der Waals surface area (Å²) in [6, 6.07) is 14.2. The third-order valence-electron chi connectivity index (χ3n) is 5.22. The monoisotopic (exact) mass is 427 g/mol. The van der Waals surface area contributed by atoms with Crippen molar-refractivity contribution < 1.29 is 13.2 Å². The van der Waals surface area contributed by atoms with Crippen LogP contribution in [0.1, 0.15) is 40.7 Å². The molecule has 2 N–H and O–H groups in total. The maximum absolute atomic E-state index is 12.7. The molecule has 0 radical (unpaired) electrons. The first-order valence-corrected chi connectivity index (χ1v) is 11.8. The SMILES string of the molecule is C=CCNS(=O)(=O)c1cccc(C(=O)NCc2ccccc2CN2CCCCC2)c1. The van der Waals surface area contributed by atoms with E-state index in [0.29, 0.717) is 12.1 Å². The van der Waals surface area contributed by atoms with Crippen molar-refractivity contribution in [3.8, 4) is 0 Å². The molecule has 0 unspecified atom stereocenters. The number of piperidine rings is 1. The smallest absolute Gasteiger partial charge is 0.251 e. The zero-order chi connectivity index (χ0) is 21.4. The Bertz CT molecular complexity index is 983. The Morgan fingerprint density at radius 2 is 1.77 bits per heavy atom. The molecule has 0 atom stereocenters. The molecule has 1 fully saturated rings. The minimum atomic E-state index is -3.68. The summed E-state index contributed by atoms with van der Waals surface area (Å²) in [5, 5.41) is 2.93. The second-order valence-corrected chi connectivity index (χ2v) is 9.22. The van der Waals surface area contributed by atoms with E-state index in [9.17, 15) is 13.2 Å². The topological polar surface area (TPSA) is 78.5 Å². The van der Waals surface area contributed by atoms with Crippen molar-refractivity contribution in [2.24, 2.45) is 0 Å². The van der Waals surface area contributed by atoms with Crippen LogP contribution in [-0.2, 0) is 23.1 Å². The van der Waals surface area contributed by atoms with Crippen LogP contribution in [0.4, 0.5) is 0 Å². The van der Waals surface area contributed by atoms with Crippen LogP contribution in [0.25, 0.3) is 0 Å². The van der Waals surface area contributed by atoms with Crippen LogP contribution in [-0.4, -0.2) is 38.9 Å². The first kappa shape index (κ1) is 22.2. The maximum Gasteiger partial charge on any atom is 0.251 e. The molecular formula is C23H29N3O3S. The number of amides is 1. The van der Waals surface area contributed by atoms with Gasteiger partial charge >= 0.3 is 0 Å². The van der Waals surface area contributed by atoms with Gasteiger partial charge in [-0.25, -0.2) is 13.1 Å². The predicted molar refractivity (Wildman–Crippen MR) is 119 cm³/mol. The minimum Gasteiger partial charge on any atom is -0.348 e. The van der Waals surface area contributed by atoms with Gasteiger partial charge in [-0.2, -0.15) is 0 Å². The average Bonchev–Trinajstić information content (AvgIpc) is 2.78. The molecule has 1 aliphatic rings. The van der Waals surface area contributed by atoms with Crippen molar-refractivity contribution in [2.75, 3.05) is 19.6 Å². The fraction of sp³-hybridized carbons (Fsp3) is 0.348. The molecule has 30 heavy (non-hydrogen) atoms. The van der Waals surface area contributed by atoms with E-state index in [1.807, 2.05) is 18.2 Å². The Labute approximate surface area is 179 Å². The van der Waals surface area contributed by atoms with Crippen LogP contribution in [0.2, 0.25) is 0 Å². The van der Waals surface area contributed by atoms with Gasteiger partial charge < -0.3 is 5.32 Å². The van der Waals surface area contributed by atoms with Gasteiger partial charge in [-0.3, -0.25) is 9.69 Å². The lowest BCUT2D eigenvalue weighted by molar-refractivity contribution is 0.0950. The molecule has 0 saturated carbocycles. The summed E-state index contributed by atoms with van der Waals surface area (Å²) in [6.07, 6.45) is 5.24. The average molecular weight is 428 g/mol. The highest BCUT2D eigenvalue weighted by Crippen LogP contribution is 2.17. The molecular weight excluding hydrogens is 398 g/mol. The first-order chi connectivity index (χ1) is 14.5. The Balaban J connectivity index is 1.66. The second kappa shape index (κ2) is 10.5. The summed E-state index contributed by atoms with van der Waals surface area (Å²) in [5.74, 6) is -0.302. The van der Waals surface area contributed by atoms with E-state index in [4.69, 9.17) is 0 Å². The van der Waals surface area contributed by atoms with Gasteiger partial charge in [0.25, 0.3) is 5.91 Å².